The predicted molar refractivity (Wildman–Crippen MR) is 84.7 cm³/mol. The molecule has 1 saturated heterocycles. The molecular weight excluding hydrogens is 294 g/mol. The number of hydrogen-bond donors (Lipinski definition) is 1. The van der Waals surface area contributed by atoms with Gasteiger partial charge < -0.3 is 10.2 Å². The van der Waals surface area contributed by atoms with Crippen molar-refractivity contribution in [3.05, 3.63) is 18.0 Å². The second kappa shape index (κ2) is 5.63. The van der Waals surface area contributed by atoms with Crippen LogP contribution in [-0.4, -0.2) is 51.5 Å². The van der Waals surface area contributed by atoms with Crippen molar-refractivity contribution in [3.8, 4) is 0 Å². The van der Waals surface area contributed by atoms with Gasteiger partial charge in [0.15, 0.2) is 5.60 Å². The Hall–Kier alpha value is -1.89. The van der Waals surface area contributed by atoms with Crippen molar-refractivity contribution in [2.75, 3.05) is 19.6 Å². The third-order valence-electron chi connectivity index (χ3n) is 4.91. The number of nitrogens with one attached hydrogen (secondary N) is 1. The number of aromatic nitrogens is 2. The molecule has 2 fully saturated rings. The normalized spacial score (nSPS) is 27.3. The van der Waals surface area contributed by atoms with E-state index in [1.807, 2.05) is 24.1 Å². The molecule has 1 saturated carbocycles. The van der Waals surface area contributed by atoms with Crippen molar-refractivity contribution < 1.29 is 9.63 Å². The van der Waals surface area contributed by atoms with Crippen LogP contribution in [0.1, 0.15) is 31.2 Å². The molecule has 1 aromatic rings. The highest BCUT2D eigenvalue weighted by atomic mass is 16.7. The molecule has 1 aliphatic carbocycles. The van der Waals surface area contributed by atoms with Gasteiger partial charge in [-0.05, 0) is 18.8 Å². The number of rotatable bonds is 5. The van der Waals surface area contributed by atoms with Gasteiger partial charge in [-0.25, -0.2) is 0 Å². The second-order valence-electron chi connectivity index (χ2n) is 7.13. The minimum atomic E-state index is -0.311. The SMILES string of the molecule is Cn1cc(CN2CC[C@]3(CC(C(=O)NCC4CC4)=NO3)C2)cn1. The fraction of sp³-hybridized carbons (Fsp3) is 0.688. The third kappa shape index (κ3) is 3.24. The fourth-order valence-electron chi connectivity index (χ4n) is 3.40. The number of aryl methyl sites for hydroxylation is 1. The number of likely N-dealkylation sites (tertiary alicyclic amines) is 1. The van der Waals surface area contributed by atoms with E-state index in [1.165, 1.54) is 18.4 Å². The Morgan fingerprint density at radius 2 is 2.39 bits per heavy atom. The first-order valence-electron chi connectivity index (χ1n) is 8.35. The average Bonchev–Trinajstić information content (AvgIpc) is 2.93. The Kier molecular flexibility index (Phi) is 3.60. The molecule has 23 heavy (non-hydrogen) atoms. The van der Waals surface area contributed by atoms with Gasteiger partial charge in [0.1, 0.15) is 5.71 Å². The Morgan fingerprint density at radius 1 is 1.52 bits per heavy atom. The molecule has 1 N–H and O–H groups in total. The van der Waals surface area contributed by atoms with Crippen LogP contribution in [-0.2, 0) is 23.2 Å². The number of hydrogen-bond acceptors (Lipinski definition) is 5. The van der Waals surface area contributed by atoms with Crippen LogP contribution in [0.25, 0.3) is 0 Å². The summed E-state index contributed by atoms with van der Waals surface area (Å²) in [6, 6.07) is 0. The van der Waals surface area contributed by atoms with E-state index in [1.54, 1.807) is 0 Å². The first kappa shape index (κ1) is 14.7. The number of amides is 1. The third-order valence-corrected chi connectivity index (χ3v) is 4.91. The summed E-state index contributed by atoms with van der Waals surface area (Å²) in [5, 5.41) is 11.3. The van der Waals surface area contributed by atoms with Crippen LogP contribution in [0.2, 0.25) is 0 Å². The fourth-order valence-corrected chi connectivity index (χ4v) is 3.40. The summed E-state index contributed by atoms with van der Waals surface area (Å²) in [4.78, 5) is 20.2. The first-order chi connectivity index (χ1) is 11.1. The van der Waals surface area contributed by atoms with E-state index >= 15 is 0 Å². The van der Waals surface area contributed by atoms with Crippen LogP contribution in [0.5, 0.6) is 0 Å². The molecule has 3 heterocycles. The molecule has 7 heteroatoms. The molecule has 0 radical (unpaired) electrons. The minimum Gasteiger partial charge on any atom is -0.387 e. The van der Waals surface area contributed by atoms with E-state index < -0.39 is 0 Å². The van der Waals surface area contributed by atoms with Crippen molar-refractivity contribution in [1.82, 2.24) is 20.0 Å². The summed E-state index contributed by atoms with van der Waals surface area (Å²) >= 11 is 0. The highest BCUT2D eigenvalue weighted by molar-refractivity contribution is 6.39. The van der Waals surface area contributed by atoms with Gasteiger partial charge in [0.05, 0.1) is 6.20 Å². The topological polar surface area (TPSA) is 71.8 Å². The molecule has 2 aliphatic heterocycles. The van der Waals surface area contributed by atoms with E-state index in [-0.39, 0.29) is 11.5 Å². The van der Waals surface area contributed by atoms with Crippen molar-refractivity contribution in [3.63, 3.8) is 0 Å². The number of nitrogens with zero attached hydrogens (tertiary/aromatic N) is 4. The molecule has 7 nitrogen and oxygen atoms in total. The van der Waals surface area contributed by atoms with Crippen LogP contribution in [0.4, 0.5) is 0 Å². The van der Waals surface area contributed by atoms with Crippen molar-refractivity contribution in [2.45, 2.75) is 37.8 Å². The molecule has 0 unspecified atom stereocenters. The van der Waals surface area contributed by atoms with Gasteiger partial charge in [0, 0.05) is 57.8 Å². The summed E-state index contributed by atoms with van der Waals surface area (Å²) in [5.41, 5.74) is 1.44. The molecule has 4 rings (SSSR count). The lowest BCUT2D eigenvalue weighted by atomic mass is 9.96. The van der Waals surface area contributed by atoms with Crippen LogP contribution < -0.4 is 5.32 Å². The van der Waals surface area contributed by atoms with Gasteiger partial charge in [-0.1, -0.05) is 5.16 Å². The van der Waals surface area contributed by atoms with Gasteiger partial charge >= 0.3 is 0 Å². The van der Waals surface area contributed by atoms with Crippen LogP contribution >= 0.6 is 0 Å². The van der Waals surface area contributed by atoms with E-state index in [0.717, 1.165) is 32.6 Å². The highest BCUT2D eigenvalue weighted by Crippen LogP contribution is 2.34. The number of carbonyl (C=O) groups is 1. The zero-order chi connectivity index (χ0) is 15.9. The summed E-state index contributed by atoms with van der Waals surface area (Å²) in [7, 11) is 1.93. The second-order valence-corrected chi connectivity index (χ2v) is 7.13. The zero-order valence-electron chi connectivity index (χ0n) is 13.5. The molecule has 1 amide bonds. The van der Waals surface area contributed by atoms with E-state index in [2.05, 4.69) is 20.5 Å². The summed E-state index contributed by atoms with van der Waals surface area (Å²) < 4.78 is 1.82. The summed E-state index contributed by atoms with van der Waals surface area (Å²) in [6.07, 6.45) is 7.93. The van der Waals surface area contributed by atoms with E-state index in [0.29, 0.717) is 18.1 Å². The van der Waals surface area contributed by atoms with Crippen LogP contribution in [0.3, 0.4) is 0 Å². The maximum atomic E-state index is 12.1. The zero-order valence-corrected chi connectivity index (χ0v) is 13.5. The maximum absolute atomic E-state index is 12.1. The first-order valence-corrected chi connectivity index (χ1v) is 8.35. The lowest BCUT2D eigenvalue weighted by molar-refractivity contribution is -0.115. The Morgan fingerprint density at radius 3 is 3.13 bits per heavy atom. The number of oxime groups is 1. The van der Waals surface area contributed by atoms with Crippen molar-refractivity contribution in [1.29, 1.82) is 0 Å². The number of carbonyl (C=O) groups excluding carboxylic acids is 1. The van der Waals surface area contributed by atoms with E-state index in [4.69, 9.17) is 4.84 Å². The van der Waals surface area contributed by atoms with Crippen molar-refractivity contribution >= 4 is 11.6 Å². The van der Waals surface area contributed by atoms with Gasteiger partial charge in [-0.15, -0.1) is 0 Å². The highest BCUT2D eigenvalue weighted by Gasteiger charge is 2.46. The van der Waals surface area contributed by atoms with Crippen LogP contribution in [0, 0.1) is 5.92 Å². The molecule has 1 aromatic heterocycles. The molecule has 1 atom stereocenters. The standard InChI is InChI=1S/C16H23N5O2/c1-20-9-13(8-18-20)10-21-5-4-16(11-21)6-14(19-23-16)15(22)17-7-12-2-3-12/h8-9,12H,2-7,10-11H2,1H3,(H,17,22)/t16-/m0/s1. The van der Waals surface area contributed by atoms with Gasteiger partial charge in [0.2, 0.25) is 0 Å². The minimum absolute atomic E-state index is 0.0560. The van der Waals surface area contributed by atoms with Gasteiger partial charge in [-0.3, -0.25) is 14.4 Å². The predicted octanol–water partition coefficient (Wildman–Crippen LogP) is 0.667. The molecule has 0 aromatic carbocycles. The largest absolute Gasteiger partial charge is 0.387 e. The Balaban J connectivity index is 1.30. The van der Waals surface area contributed by atoms with Gasteiger partial charge in [0.25, 0.3) is 5.91 Å². The Labute approximate surface area is 135 Å². The Bertz CT molecular complexity index is 636. The quantitative estimate of drug-likeness (QED) is 0.866. The molecule has 1 spiro atoms. The molecule has 0 bridgehead atoms. The molecule has 124 valence electrons. The summed E-state index contributed by atoms with van der Waals surface area (Å²) in [5.74, 6) is 0.622. The summed E-state index contributed by atoms with van der Waals surface area (Å²) in [6.45, 7) is 3.41. The maximum Gasteiger partial charge on any atom is 0.269 e. The monoisotopic (exact) mass is 317 g/mol. The van der Waals surface area contributed by atoms with E-state index in [9.17, 15) is 4.79 Å². The van der Waals surface area contributed by atoms with Crippen molar-refractivity contribution in [2.24, 2.45) is 18.1 Å². The lowest BCUT2D eigenvalue weighted by Crippen LogP contribution is -2.37. The average molecular weight is 317 g/mol. The van der Waals surface area contributed by atoms with Gasteiger partial charge in [-0.2, -0.15) is 5.10 Å². The molecule has 3 aliphatic rings. The molecular formula is C16H23N5O2. The smallest absolute Gasteiger partial charge is 0.269 e. The lowest BCUT2D eigenvalue weighted by Gasteiger charge is -2.21. The van der Waals surface area contributed by atoms with Crippen LogP contribution in [0.15, 0.2) is 17.5 Å².